The molecule has 0 aliphatic carbocycles. The van der Waals surface area contributed by atoms with Crippen LogP contribution in [0.1, 0.15) is 12.8 Å². The molecular formula is C10H20N6O3. The molecule has 0 aromatic carbocycles. The number of nitrogens with zero attached hydrogens (tertiary/aromatic N) is 1. The molecule has 0 saturated carbocycles. The van der Waals surface area contributed by atoms with Crippen molar-refractivity contribution < 1.29 is 14.4 Å². The lowest BCUT2D eigenvalue weighted by Crippen LogP contribution is -2.43. The van der Waals surface area contributed by atoms with Crippen LogP contribution in [0.4, 0.5) is 0 Å². The fourth-order valence-corrected chi connectivity index (χ4v) is 1.21. The number of rotatable bonds is 9. The van der Waals surface area contributed by atoms with Crippen molar-refractivity contribution in [1.29, 1.82) is 0 Å². The number of carbonyl (C=O) groups is 3. The first-order chi connectivity index (χ1) is 8.99. The third-order valence-corrected chi connectivity index (χ3v) is 2.12. The summed E-state index contributed by atoms with van der Waals surface area (Å²) in [6, 6.07) is -0.493. The highest BCUT2D eigenvalue weighted by Gasteiger charge is 2.10. The van der Waals surface area contributed by atoms with E-state index < -0.39 is 17.9 Å². The second-order valence-corrected chi connectivity index (χ2v) is 3.75. The monoisotopic (exact) mass is 272 g/mol. The number of imide groups is 1. The van der Waals surface area contributed by atoms with E-state index >= 15 is 0 Å². The molecule has 19 heavy (non-hydrogen) atoms. The fraction of sp³-hybridized carbons (Fsp3) is 0.600. The van der Waals surface area contributed by atoms with E-state index in [0.29, 0.717) is 25.7 Å². The molecule has 0 heterocycles. The predicted octanol–water partition coefficient (Wildman–Crippen LogP) is -3.20. The zero-order valence-corrected chi connectivity index (χ0v) is 10.6. The van der Waals surface area contributed by atoms with Crippen LogP contribution in [-0.2, 0) is 14.4 Å². The maximum atomic E-state index is 11.2. The quantitative estimate of drug-likeness (QED) is 0.127. The molecule has 0 rings (SSSR count). The molecule has 0 unspecified atom stereocenters. The summed E-state index contributed by atoms with van der Waals surface area (Å²) >= 11 is 0. The Bertz CT molecular complexity index is 340. The minimum absolute atomic E-state index is 0.00436. The van der Waals surface area contributed by atoms with Crippen LogP contribution < -0.4 is 27.8 Å². The number of aliphatic imine (C=N–C) groups is 1. The summed E-state index contributed by atoms with van der Waals surface area (Å²) < 4.78 is 0. The third kappa shape index (κ3) is 9.68. The molecule has 0 aliphatic rings. The van der Waals surface area contributed by atoms with Crippen LogP contribution in [0.5, 0.6) is 0 Å². The number of guanidine groups is 1. The molecule has 0 aromatic heterocycles. The van der Waals surface area contributed by atoms with Crippen molar-refractivity contribution in [3.8, 4) is 0 Å². The van der Waals surface area contributed by atoms with Gasteiger partial charge in [-0.05, 0) is 12.8 Å². The Labute approximate surface area is 111 Å². The molecule has 9 heteroatoms. The third-order valence-electron chi connectivity index (χ3n) is 2.12. The van der Waals surface area contributed by atoms with Gasteiger partial charge in [0.05, 0.1) is 19.1 Å². The molecule has 0 saturated heterocycles. The van der Waals surface area contributed by atoms with E-state index in [9.17, 15) is 14.4 Å². The van der Waals surface area contributed by atoms with Crippen molar-refractivity contribution in [3.63, 3.8) is 0 Å². The Kier molecular flexibility index (Phi) is 8.92. The number of nitrogens with one attached hydrogen (secondary N) is 2. The Morgan fingerprint density at radius 2 is 1.95 bits per heavy atom. The normalized spacial score (nSPS) is 11.4. The first-order valence-corrected chi connectivity index (χ1v) is 5.76. The molecule has 0 fully saturated rings. The number of amides is 2. The van der Waals surface area contributed by atoms with Crippen LogP contribution >= 0.6 is 0 Å². The van der Waals surface area contributed by atoms with Crippen LogP contribution in [0, 0.1) is 0 Å². The Hall–Kier alpha value is -2.00. The van der Waals surface area contributed by atoms with Gasteiger partial charge in [0.2, 0.25) is 11.8 Å². The fourth-order valence-electron chi connectivity index (χ4n) is 1.21. The number of carbonyl (C=O) groups excluding carboxylic acids is 3. The molecule has 0 aromatic rings. The maximum absolute atomic E-state index is 11.2. The summed E-state index contributed by atoms with van der Waals surface area (Å²) in [5.41, 5.74) is 15.3. The van der Waals surface area contributed by atoms with Gasteiger partial charge in [-0.3, -0.25) is 25.2 Å². The zero-order valence-electron chi connectivity index (χ0n) is 10.6. The molecular weight excluding hydrogens is 252 g/mol. The molecule has 0 aliphatic heterocycles. The van der Waals surface area contributed by atoms with Gasteiger partial charge >= 0.3 is 0 Å². The second kappa shape index (κ2) is 9.97. The highest BCUT2D eigenvalue weighted by atomic mass is 16.2. The molecule has 0 radical (unpaired) electrons. The van der Waals surface area contributed by atoms with Crippen LogP contribution in [0.25, 0.3) is 0 Å². The largest absolute Gasteiger partial charge is 0.370 e. The highest BCUT2D eigenvalue weighted by molar-refractivity contribution is 5.96. The molecule has 0 bridgehead atoms. The summed E-state index contributed by atoms with van der Waals surface area (Å²) in [4.78, 5) is 36.6. The average Bonchev–Trinajstić information content (AvgIpc) is 2.37. The molecule has 8 N–H and O–H groups in total. The van der Waals surface area contributed by atoms with Gasteiger partial charge in [-0.25, -0.2) is 0 Å². The first kappa shape index (κ1) is 17.0. The lowest BCUT2D eigenvalue weighted by Gasteiger charge is -2.11. The molecule has 2 amide bonds. The summed E-state index contributed by atoms with van der Waals surface area (Å²) in [7, 11) is 0. The zero-order chi connectivity index (χ0) is 14.7. The van der Waals surface area contributed by atoms with Crippen LogP contribution in [0.2, 0.25) is 0 Å². The second-order valence-electron chi connectivity index (χ2n) is 3.75. The number of nitrogens with two attached hydrogens (primary N) is 3. The maximum Gasteiger partial charge on any atom is 0.240 e. The molecule has 0 spiro atoms. The van der Waals surface area contributed by atoms with Crippen molar-refractivity contribution in [2.45, 2.75) is 18.9 Å². The van der Waals surface area contributed by atoms with Gasteiger partial charge < -0.3 is 22.0 Å². The van der Waals surface area contributed by atoms with E-state index in [1.807, 2.05) is 0 Å². The first-order valence-electron chi connectivity index (χ1n) is 5.76. The lowest BCUT2D eigenvalue weighted by atomic mass is 10.2. The van der Waals surface area contributed by atoms with Crippen molar-refractivity contribution in [1.82, 2.24) is 10.6 Å². The highest BCUT2D eigenvalue weighted by Crippen LogP contribution is 1.95. The van der Waals surface area contributed by atoms with E-state index in [4.69, 9.17) is 17.2 Å². The van der Waals surface area contributed by atoms with E-state index in [-0.39, 0.29) is 19.0 Å². The van der Waals surface area contributed by atoms with Gasteiger partial charge in [-0.2, -0.15) is 0 Å². The van der Waals surface area contributed by atoms with Crippen molar-refractivity contribution in [2.24, 2.45) is 22.2 Å². The van der Waals surface area contributed by atoms with Gasteiger partial charge in [0.25, 0.3) is 0 Å². The van der Waals surface area contributed by atoms with E-state index in [0.717, 1.165) is 0 Å². The van der Waals surface area contributed by atoms with Crippen molar-refractivity contribution in [3.05, 3.63) is 0 Å². The number of aldehydes is 1. The Morgan fingerprint density at radius 3 is 2.47 bits per heavy atom. The SMILES string of the molecule is NCC(=O)NC(=O)CN[C@H](C=O)CCCN=C(N)N. The van der Waals surface area contributed by atoms with E-state index in [1.165, 1.54) is 0 Å². The lowest BCUT2D eigenvalue weighted by molar-refractivity contribution is -0.129. The Morgan fingerprint density at radius 1 is 1.26 bits per heavy atom. The smallest absolute Gasteiger partial charge is 0.240 e. The minimum Gasteiger partial charge on any atom is -0.370 e. The molecule has 108 valence electrons. The Balaban J connectivity index is 3.87. The molecule has 9 nitrogen and oxygen atoms in total. The minimum atomic E-state index is -0.567. The predicted molar refractivity (Wildman–Crippen MR) is 70.0 cm³/mol. The van der Waals surface area contributed by atoms with Crippen LogP contribution in [-0.4, -0.2) is 49.7 Å². The summed E-state index contributed by atoms with van der Waals surface area (Å²) in [6.45, 7) is 0.00498. The standard InChI is InChI=1S/C10H20N6O3/c11-4-8(18)16-9(19)5-15-7(6-17)2-1-3-14-10(12)13/h6-7,15H,1-5,11H2,(H4,12,13,14)(H,16,18,19)/t7-/m0/s1. The van der Waals surface area contributed by atoms with Gasteiger partial charge in [0.1, 0.15) is 6.29 Å². The van der Waals surface area contributed by atoms with E-state index in [2.05, 4.69) is 15.6 Å². The topological polar surface area (TPSA) is 166 Å². The van der Waals surface area contributed by atoms with Gasteiger partial charge in [-0.15, -0.1) is 0 Å². The van der Waals surface area contributed by atoms with E-state index in [1.54, 1.807) is 0 Å². The summed E-state index contributed by atoms with van der Waals surface area (Å²) in [6.07, 6.45) is 1.77. The molecule has 1 atom stereocenters. The van der Waals surface area contributed by atoms with Crippen LogP contribution in [0.3, 0.4) is 0 Å². The summed E-state index contributed by atoms with van der Waals surface area (Å²) in [5, 5.41) is 4.76. The van der Waals surface area contributed by atoms with Crippen LogP contribution in [0.15, 0.2) is 4.99 Å². The van der Waals surface area contributed by atoms with Gasteiger partial charge in [-0.1, -0.05) is 0 Å². The van der Waals surface area contributed by atoms with Crippen molar-refractivity contribution in [2.75, 3.05) is 19.6 Å². The van der Waals surface area contributed by atoms with Gasteiger partial charge in [0.15, 0.2) is 5.96 Å². The van der Waals surface area contributed by atoms with Gasteiger partial charge in [0, 0.05) is 6.54 Å². The van der Waals surface area contributed by atoms with Crippen molar-refractivity contribution >= 4 is 24.1 Å². The summed E-state index contributed by atoms with van der Waals surface area (Å²) in [5.74, 6) is -1.11. The number of hydrogen-bond acceptors (Lipinski definition) is 6. The average molecular weight is 272 g/mol. The number of hydrogen-bond donors (Lipinski definition) is 5.